The number of carboxylic acids is 1. The van der Waals surface area contributed by atoms with Gasteiger partial charge in [-0.15, -0.1) is 0 Å². The highest BCUT2D eigenvalue weighted by atomic mass is 35.5. The third kappa shape index (κ3) is 4.79. The number of hydrogen-bond donors (Lipinski definition) is 1. The summed E-state index contributed by atoms with van der Waals surface area (Å²) in [7, 11) is 1.31. The fourth-order valence-corrected chi connectivity index (χ4v) is 1.78. The topological polar surface area (TPSA) is 72.8 Å². The maximum absolute atomic E-state index is 11.6. The van der Waals surface area contributed by atoms with Crippen LogP contribution in [0.2, 0.25) is 5.02 Å². The van der Waals surface area contributed by atoms with Crippen LogP contribution >= 0.6 is 11.6 Å². The van der Waals surface area contributed by atoms with E-state index in [9.17, 15) is 9.59 Å². The molecular formula is C15H17ClO5. The minimum Gasteiger partial charge on any atom is -0.492 e. The van der Waals surface area contributed by atoms with Gasteiger partial charge < -0.3 is 14.6 Å². The van der Waals surface area contributed by atoms with Gasteiger partial charge in [0.05, 0.1) is 17.5 Å². The molecule has 21 heavy (non-hydrogen) atoms. The van der Waals surface area contributed by atoms with Crippen molar-refractivity contribution in [2.45, 2.75) is 13.8 Å². The third-order valence-corrected chi connectivity index (χ3v) is 3.06. The predicted octanol–water partition coefficient (Wildman–Crippen LogP) is 3.02. The van der Waals surface area contributed by atoms with Gasteiger partial charge in [0.15, 0.2) is 0 Å². The highest BCUT2D eigenvalue weighted by Gasteiger charge is 2.30. The monoisotopic (exact) mass is 312 g/mol. The number of carbonyl (C=O) groups excluding carboxylic acids is 1. The molecule has 0 spiro atoms. The first kappa shape index (κ1) is 17.0. The number of hydrogen-bond acceptors (Lipinski definition) is 4. The minimum atomic E-state index is -1.09. The van der Waals surface area contributed by atoms with Crippen LogP contribution in [0.1, 0.15) is 19.4 Å². The van der Waals surface area contributed by atoms with Gasteiger partial charge in [-0.3, -0.25) is 4.79 Å². The zero-order valence-electron chi connectivity index (χ0n) is 12.1. The van der Waals surface area contributed by atoms with Gasteiger partial charge in [0.2, 0.25) is 0 Å². The molecule has 0 fully saturated rings. The Morgan fingerprint density at radius 1 is 1.38 bits per heavy atom. The number of rotatable bonds is 6. The molecular weight excluding hydrogens is 296 g/mol. The van der Waals surface area contributed by atoms with E-state index in [0.717, 1.165) is 6.08 Å². The van der Waals surface area contributed by atoms with E-state index in [1.165, 1.54) is 13.2 Å². The molecule has 5 nitrogen and oxygen atoms in total. The van der Waals surface area contributed by atoms with Crippen LogP contribution in [0.5, 0.6) is 5.75 Å². The van der Waals surface area contributed by atoms with Crippen molar-refractivity contribution in [3.63, 3.8) is 0 Å². The molecule has 0 bridgehead atoms. The summed E-state index contributed by atoms with van der Waals surface area (Å²) in [5, 5.41) is 9.05. The van der Waals surface area contributed by atoms with E-state index in [1.807, 2.05) is 0 Å². The molecule has 0 saturated heterocycles. The molecule has 0 heterocycles. The van der Waals surface area contributed by atoms with E-state index in [2.05, 4.69) is 0 Å². The van der Waals surface area contributed by atoms with E-state index in [0.29, 0.717) is 16.3 Å². The van der Waals surface area contributed by atoms with E-state index in [4.69, 9.17) is 26.2 Å². The number of aliphatic carboxylic acids is 1. The summed E-state index contributed by atoms with van der Waals surface area (Å²) in [6, 6.07) is 4.96. The molecule has 114 valence electrons. The molecule has 1 N–H and O–H groups in total. The fraction of sp³-hybridized carbons (Fsp3) is 0.333. The van der Waals surface area contributed by atoms with Crippen LogP contribution in [0, 0.1) is 5.41 Å². The van der Waals surface area contributed by atoms with Crippen molar-refractivity contribution in [3.8, 4) is 5.75 Å². The van der Waals surface area contributed by atoms with Crippen LogP contribution in [0.3, 0.4) is 0 Å². The van der Waals surface area contributed by atoms with Gasteiger partial charge in [0, 0.05) is 11.6 Å². The number of carbonyl (C=O) groups is 2. The summed E-state index contributed by atoms with van der Waals surface area (Å²) in [4.78, 5) is 22.2. The number of halogens is 1. The van der Waals surface area contributed by atoms with E-state index >= 15 is 0 Å². The molecule has 1 aromatic carbocycles. The predicted molar refractivity (Wildman–Crippen MR) is 79.4 cm³/mol. The standard InChI is InChI=1S/C15H17ClO5/c1-15(2,14(19)20-3)9-21-12-6-4-5-11(16)10(12)7-8-13(17)18/h4-8H,9H2,1-3H3,(H,17,18)/b8-7+. The molecule has 0 aromatic heterocycles. The quantitative estimate of drug-likeness (QED) is 0.645. The Morgan fingerprint density at radius 3 is 2.62 bits per heavy atom. The second kappa shape index (κ2) is 7.13. The molecule has 0 radical (unpaired) electrons. The van der Waals surface area contributed by atoms with Crippen LogP contribution in [-0.2, 0) is 14.3 Å². The average Bonchev–Trinajstić information content (AvgIpc) is 2.42. The fourth-order valence-electron chi connectivity index (χ4n) is 1.55. The summed E-state index contributed by atoms with van der Waals surface area (Å²) in [6.45, 7) is 3.46. The maximum Gasteiger partial charge on any atom is 0.328 e. The SMILES string of the molecule is COC(=O)C(C)(C)COc1cccc(Cl)c1/C=C/C(=O)O. The normalized spacial score (nSPS) is 11.4. The first-order chi connectivity index (χ1) is 9.77. The van der Waals surface area contributed by atoms with Crippen molar-refractivity contribution >= 4 is 29.6 Å². The summed E-state index contributed by atoms with van der Waals surface area (Å²) < 4.78 is 10.3. The van der Waals surface area contributed by atoms with Crippen molar-refractivity contribution in [1.29, 1.82) is 0 Å². The smallest absolute Gasteiger partial charge is 0.328 e. The minimum absolute atomic E-state index is 0.0773. The molecule has 0 amide bonds. The Labute approximate surface area is 128 Å². The van der Waals surface area contributed by atoms with Gasteiger partial charge in [-0.1, -0.05) is 17.7 Å². The second-order valence-electron chi connectivity index (χ2n) is 4.99. The Morgan fingerprint density at radius 2 is 2.05 bits per heavy atom. The Kier molecular flexibility index (Phi) is 5.79. The van der Waals surface area contributed by atoms with Gasteiger partial charge in [0.25, 0.3) is 0 Å². The van der Waals surface area contributed by atoms with Crippen LogP contribution in [0.25, 0.3) is 6.08 Å². The summed E-state index contributed by atoms with van der Waals surface area (Å²) in [6.07, 6.45) is 2.32. The molecule has 0 aliphatic carbocycles. The Bertz CT molecular complexity index is 563. The van der Waals surface area contributed by atoms with Crippen molar-refractivity contribution in [2.75, 3.05) is 13.7 Å². The van der Waals surface area contributed by atoms with Crippen molar-refractivity contribution in [1.82, 2.24) is 0 Å². The third-order valence-electron chi connectivity index (χ3n) is 2.73. The lowest BCUT2D eigenvalue weighted by molar-refractivity contribution is -0.152. The number of benzene rings is 1. The molecule has 1 aromatic rings. The lowest BCUT2D eigenvalue weighted by Crippen LogP contribution is -2.32. The summed E-state index contributed by atoms with van der Waals surface area (Å²) >= 11 is 6.04. The molecule has 0 aliphatic heterocycles. The van der Waals surface area contributed by atoms with Gasteiger partial charge in [0.1, 0.15) is 12.4 Å². The maximum atomic E-state index is 11.6. The number of ether oxygens (including phenoxy) is 2. The van der Waals surface area contributed by atoms with Crippen LogP contribution in [0.15, 0.2) is 24.3 Å². The number of esters is 1. The lowest BCUT2D eigenvalue weighted by atomic mass is 9.95. The zero-order chi connectivity index (χ0) is 16.0. The molecule has 0 atom stereocenters. The van der Waals surface area contributed by atoms with Crippen molar-refractivity contribution < 1.29 is 24.2 Å². The second-order valence-corrected chi connectivity index (χ2v) is 5.39. The average molecular weight is 313 g/mol. The number of carboxylic acid groups (broad SMARTS) is 1. The summed E-state index contributed by atoms with van der Waals surface area (Å²) in [5.41, 5.74) is -0.382. The van der Waals surface area contributed by atoms with Crippen molar-refractivity contribution in [2.24, 2.45) is 5.41 Å². The Balaban J connectivity index is 2.96. The van der Waals surface area contributed by atoms with E-state index in [1.54, 1.807) is 32.0 Å². The Hall–Kier alpha value is -2.01. The van der Waals surface area contributed by atoms with Crippen molar-refractivity contribution in [3.05, 3.63) is 34.9 Å². The summed E-state index contributed by atoms with van der Waals surface area (Å²) in [5.74, 6) is -1.08. The van der Waals surface area contributed by atoms with Gasteiger partial charge in [-0.25, -0.2) is 4.79 Å². The lowest BCUT2D eigenvalue weighted by Gasteiger charge is -2.22. The number of methoxy groups -OCH3 is 1. The largest absolute Gasteiger partial charge is 0.492 e. The van der Waals surface area contributed by atoms with Crippen LogP contribution < -0.4 is 4.74 Å². The molecule has 0 unspecified atom stereocenters. The molecule has 0 saturated carbocycles. The van der Waals surface area contributed by atoms with E-state index in [-0.39, 0.29) is 6.61 Å². The molecule has 0 aliphatic rings. The highest BCUT2D eigenvalue weighted by molar-refractivity contribution is 6.32. The molecule has 1 rings (SSSR count). The van der Waals surface area contributed by atoms with Gasteiger partial charge >= 0.3 is 11.9 Å². The molecule has 6 heteroatoms. The van der Waals surface area contributed by atoms with E-state index < -0.39 is 17.4 Å². The zero-order valence-corrected chi connectivity index (χ0v) is 12.8. The van der Waals surface area contributed by atoms with Crippen LogP contribution in [-0.4, -0.2) is 30.8 Å². The van der Waals surface area contributed by atoms with Gasteiger partial charge in [-0.05, 0) is 32.1 Å². The first-order valence-corrected chi connectivity index (χ1v) is 6.56. The highest BCUT2D eigenvalue weighted by Crippen LogP contribution is 2.29. The first-order valence-electron chi connectivity index (χ1n) is 6.18. The van der Waals surface area contributed by atoms with Gasteiger partial charge in [-0.2, -0.15) is 0 Å². The van der Waals surface area contributed by atoms with Crippen LogP contribution in [0.4, 0.5) is 0 Å².